The summed E-state index contributed by atoms with van der Waals surface area (Å²) in [4.78, 5) is 27.5. The summed E-state index contributed by atoms with van der Waals surface area (Å²) in [6.45, 7) is 1.19. The Kier molecular flexibility index (Phi) is 5.33. The maximum atomic E-state index is 12.5. The first-order chi connectivity index (χ1) is 11.1. The summed E-state index contributed by atoms with van der Waals surface area (Å²) in [5, 5.41) is 14.9. The van der Waals surface area contributed by atoms with Gasteiger partial charge in [0.05, 0.1) is 22.9 Å². The predicted molar refractivity (Wildman–Crippen MR) is 89.4 cm³/mol. The van der Waals surface area contributed by atoms with Gasteiger partial charge in [0.15, 0.2) is 0 Å². The molecule has 126 valence electrons. The number of thiophene rings is 1. The lowest BCUT2D eigenvalue weighted by atomic mass is 9.91. The van der Waals surface area contributed by atoms with E-state index >= 15 is 0 Å². The van der Waals surface area contributed by atoms with Gasteiger partial charge in [-0.25, -0.2) is 0 Å². The van der Waals surface area contributed by atoms with Crippen molar-refractivity contribution in [1.82, 2.24) is 10.2 Å². The van der Waals surface area contributed by atoms with Gasteiger partial charge >= 0.3 is 0 Å². The maximum Gasteiger partial charge on any atom is 0.263 e. The van der Waals surface area contributed by atoms with E-state index in [1.54, 1.807) is 4.90 Å². The average molecular weight is 336 g/mol. The highest BCUT2D eigenvalue weighted by Crippen LogP contribution is 2.23. The molecule has 2 fully saturated rings. The summed E-state index contributed by atoms with van der Waals surface area (Å²) in [7, 11) is 0. The molecule has 3 atom stereocenters. The van der Waals surface area contributed by atoms with Gasteiger partial charge < -0.3 is 15.3 Å². The normalized spacial score (nSPS) is 28.4. The smallest absolute Gasteiger partial charge is 0.263 e. The van der Waals surface area contributed by atoms with Crippen molar-refractivity contribution in [3.05, 3.63) is 22.4 Å². The molecule has 3 unspecified atom stereocenters. The van der Waals surface area contributed by atoms with Gasteiger partial charge in [-0.05, 0) is 37.1 Å². The number of likely N-dealkylation sites (tertiary alicyclic amines) is 1. The molecule has 2 aliphatic rings. The summed E-state index contributed by atoms with van der Waals surface area (Å²) in [5.74, 6) is -0.156. The Morgan fingerprint density at radius 3 is 2.78 bits per heavy atom. The lowest BCUT2D eigenvalue weighted by Gasteiger charge is -2.34. The molecule has 5 nitrogen and oxygen atoms in total. The van der Waals surface area contributed by atoms with E-state index < -0.39 is 6.10 Å². The molecule has 2 N–H and O–H groups in total. The zero-order chi connectivity index (χ0) is 16.2. The topological polar surface area (TPSA) is 69.6 Å². The molecule has 0 bridgehead atoms. The first-order valence-electron chi connectivity index (χ1n) is 8.46. The van der Waals surface area contributed by atoms with Gasteiger partial charge in [0.2, 0.25) is 5.91 Å². The van der Waals surface area contributed by atoms with Crippen LogP contribution in [0, 0.1) is 5.92 Å². The van der Waals surface area contributed by atoms with E-state index in [-0.39, 0.29) is 23.8 Å². The number of nitrogens with one attached hydrogen (secondary N) is 1. The second-order valence-corrected chi connectivity index (χ2v) is 7.48. The average Bonchev–Trinajstić information content (AvgIpc) is 3.11. The maximum absolute atomic E-state index is 12.5. The quantitative estimate of drug-likeness (QED) is 0.887. The molecule has 1 aliphatic carbocycles. The van der Waals surface area contributed by atoms with Crippen LogP contribution in [0.1, 0.15) is 48.2 Å². The molecule has 23 heavy (non-hydrogen) atoms. The standard InChI is InChI=1S/C17H24N2O3S/c20-14-7-2-1-6-13(14)18-16(21)12-5-3-9-19(11-12)17(22)15-8-4-10-23-15/h4,8,10,12-14,20H,1-3,5-7,9,11H2,(H,18,21). The fourth-order valence-corrected chi connectivity index (χ4v) is 4.20. The lowest BCUT2D eigenvalue weighted by Crippen LogP contribution is -2.51. The minimum Gasteiger partial charge on any atom is -0.391 e. The monoisotopic (exact) mass is 336 g/mol. The van der Waals surface area contributed by atoms with Gasteiger partial charge in [0.25, 0.3) is 5.91 Å². The van der Waals surface area contributed by atoms with Gasteiger partial charge in [-0.15, -0.1) is 11.3 Å². The molecular weight excluding hydrogens is 312 g/mol. The van der Waals surface area contributed by atoms with Crippen molar-refractivity contribution >= 4 is 23.2 Å². The van der Waals surface area contributed by atoms with Gasteiger partial charge in [-0.1, -0.05) is 18.9 Å². The van der Waals surface area contributed by atoms with E-state index in [9.17, 15) is 14.7 Å². The first-order valence-corrected chi connectivity index (χ1v) is 9.34. The Labute approximate surface area is 140 Å². The van der Waals surface area contributed by atoms with Crippen molar-refractivity contribution in [3.63, 3.8) is 0 Å². The third-order valence-electron chi connectivity index (χ3n) is 4.87. The Hall–Kier alpha value is -1.40. The van der Waals surface area contributed by atoms with Gasteiger partial charge in [0, 0.05) is 13.1 Å². The number of aliphatic hydroxyl groups is 1. The zero-order valence-electron chi connectivity index (χ0n) is 13.2. The Morgan fingerprint density at radius 2 is 2.04 bits per heavy atom. The third kappa shape index (κ3) is 3.93. The van der Waals surface area contributed by atoms with E-state index in [2.05, 4.69) is 5.32 Å². The number of piperidine rings is 1. The molecule has 6 heteroatoms. The van der Waals surface area contributed by atoms with Crippen LogP contribution < -0.4 is 5.32 Å². The van der Waals surface area contributed by atoms with Crippen LogP contribution in [0.2, 0.25) is 0 Å². The number of rotatable bonds is 3. The van der Waals surface area contributed by atoms with Crippen LogP contribution in [0.3, 0.4) is 0 Å². The van der Waals surface area contributed by atoms with E-state index in [0.717, 1.165) is 43.4 Å². The number of carbonyl (C=O) groups is 2. The Morgan fingerprint density at radius 1 is 1.22 bits per heavy atom. The number of hydrogen-bond acceptors (Lipinski definition) is 4. The molecule has 1 saturated carbocycles. The SMILES string of the molecule is O=C(NC1CCCCC1O)C1CCCN(C(=O)c2cccs2)C1. The molecule has 1 aromatic rings. The van der Waals surface area contributed by atoms with Crippen molar-refractivity contribution in [3.8, 4) is 0 Å². The van der Waals surface area contributed by atoms with Crippen LogP contribution in [-0.2, 0) is 4.79 Å². The molecule has 2 amide bonds. The zero-order valence-corrected chi connectivity index (χ0v) is 14.1. The minimum atomic E-state index is -0.430. The Balaban J connectivity index is 1.57. The highest BCUT2D eigenvalue weighted by Gasteiger charge is 2.32. The molecule has 1 aromatic heterocycles. The van der Waals surface area contributed by atoms with Gasteiger partial charge in [-0.2, -0.15) is 0 Å². The largest absolute Gasteiger partial charge is 0.391 e. The molecule has 1 saturated heterocycles. The summed E-state index contributed by atoms with van der Waals surface area (Å²) in [5.41, 5.74) is 0. The summed E-state index contributed by atoms with van der Waals surface area (Å²) < 4.78 is 0. The second-order valence-electron chi connectivity index (χ2n) is 6.53. The number of nitrogens with zero attached hydrogens (tertiary/aromatic N) is 1. The van der Waals surface area contributed by atoms with Gasteiger partial charge in [-0.3, -0.25) is 9.59 Å². The second kappa shape index (κ2) is 7.45. The van der Waals surface area contributed by atoms with E-state index in [1.807, 2.05) is 17.5 Å². The van der Waals surface area contributed by atoms with Gasteiger partial charge in [0.1, 0.15) is 0 Å². The highest BCUT2D eigenvalue weighted by molar-refractivity contribution is 7.12. The van der Waals surface area contributed by atoms with E-state index in [4.69, 9.17) is 0 Å². The van der Waals surface area contributed by atoms with Crippen molar-refractivity contribution < 1.29 is 14.7 Å². The van der Waals surface area contributed by atoms with Crippen molar-refractivity contribution in [2.45, 2.75) is 50.7 Å². The fraction of sp³-hybridized carbons (Fsp3) is 0.647. The van der Waals surface area contributed by atoms with Crippen LogP contribution >= 0.6 is 11.3 Å². The highest BCUT2D eigenvalue weighted by atomic mass is 32.1. The van der Waals surface area contributed by atoms with Crippen LogP contribution in [-0.4, -0.2) is 47.1 Å². The van der Waals surface area contributed by atoms with Crippen molar-refractivity contribution in [1.29, 1.82) is 0 Å². The number of amides is 2. The molecule has 0 radical (unpaired) electrons. The van der Waals surface area contributed by atoms with E-state index in [0.29, 0.717) is 13.1 Å². The van der Waals surface area contributed by atoms with Crippen molar-refractivity contribution in [2.24, 2.45) is 5.92 Å². The summed E-state index contributed by atoms with van der Waals surface area (Å²) in [6, 6.07) is 3.57. The molecule has 2 heterocycles. The molecule has 0 spiro atoms. The third-order valence-corrected chi connectivity index (χ3v) is 5.73. The molecule has 1 aliphatic heterocycles. The van der Waals surface area contributed by atoms with Crippen molar-refractivity contribution in [2.75, 3.05) is 13.1 Å². The van der Waals surface area contributed by atoms with Crippen LogP contribution in [0.5, 0.6) is 0 Å². The summed E-state index contributed by atoms with van der Waals surface area (Å²) in [6.07, 6.45) is 4.91. The molecule has 3 rings (SSSR count). The number of carbonyl (C=O) groups excluding carboxylic acids is 2. The number of aliphatic hydroxyl groups excluding tert-OH is 1. The van der Waals surface area contributed by atoms with E-state index in [1.165, 1.54) is 11.3 Å². The lowest BCUT2D eigenvalue weighted by molar-refractivity contribution is -0.128. The van der Waals surface area contributed by atoms with Crippen LogP contribution in [0.15, 0.2) is 17.5 Å². The first kappa shape index (κ1) is 16.5. The minimum absolute atomic E-state index is 0.0142. The fourth-order valence-electron chi connectivity index (χ4n) is 3.51. The Bertz CT molecular complexity index is 546. The van der Waals surface area contributed by atoms with Crippen LogP contribution in [0.25, 0.3) is 0 Å². The summed E-state index contributed by atoms with van der Waals surface area (Å²) >= 11 is 1.44. The number of hydrogen-bond donors (Lipinski definition) is 2. The predicted octanol–water partition coefficient (Wildman–Crippen LogP) is 2.02. The van der Waals surface area contributed by atoms with Crippen LogP contribution in [0.4, 0.5) is 0 Å². The molecule has 0 aromatic carbocycles. The molecular formula is C17H24N2O3S.